The first kappa shape index (κ1) is 12.6. The predicted octanol–water partition coefficient (Wildman–Crippen LogP) is 1.83. The van der Waals surface area contributed by atoms with E-state index in [2.05, 4.69) is 15.2 Å². The van der Waals surface area contributed by atoms with E-state index in [0.29, 0.717) is 22.8 Å². The second kappa shape index (κ2) is 4.94. The topological polar surface area (TPSA) is 71.3 Å². The molecule has 3 rings (SSSR count). The molecule has 7 heteroatoms. The lowest BCUT2D eigenvalue weighted by molar-refractivity contribution is -0.385. The van der Waals surface area contributed by atoms with Gasteiger partial charge in [0.1, 0.15) is 12.0 Å². The van der Waals surface area contributed by atoms with Crippen LogP contribution in [-0.2, 0) is 0 Å². The van der Waals surface area contributed by atoms with Gasteiger partial charge in [0, 0.05) is 25.2 Å². The van der Waals surface area contributed by atoms with Crippen LogP contribution in [0.4, 0.5) is 11.5 Å². The van der Waals surface area contributed by atoms with Crippen molar-refractivity contribution >= 4 is 23.1 Å². The Bertz CT molecular complexity index is 497. The molecule has 2 aliphatic rings. The Kier molecular flexibility index (Phi) is 3.28. The highest BCUT2D eigenvalue weighted by atomic mass is 35.5. The third kappa shape index (κ3) is 2.37. The number of hydrogen-bond acceptors (Lipinski definition) is 5. The summed E-state index contributed by atoms with van der Waals surface area (Å²) in [7, 11) is 0. The molecule has 0 aliphatic carbocycles. The van der Waals surface area contributed by atoms with Crippen LogP contribution < -0.4 is 10.2 Å². The zero-order chi connectivity index (χ0) is 13.4. The molecule has 6 nitrogen and oxygen atoms in total. The van der Waals surface area contributed by atoms with Crippen LogP contribution in [0.1, 0.15) is 12.8 Å². The quantitative estimate of drug-likeness (QED) is 0.662. The maximum absolute atomic E-state index is 10.7. The van der Waals surface area contributed by atoms with Gasteiger partial charge in [0.2, 0.25) is 0 Å². The largest absolute Gasteiger partial charge is 0.353 e. The van der Waals surface area contributed by atoms with Gasteiger partial charge in [-0.15, -0.1) is 0 Å². The summed E-state index contributed by atoms with van der Waals surface area (Å²) in [6, 6.07) is 1.86. The second-order valence-corrected chi connectivity index (χ2v) is 5.53. The maximum atomic E-state index is 10.7. The number of anilines is 1. The average Bonchev–Trinajstić information content (AvgIpc) is 2.81. The van der Waals surface area contributed by atoms with Crippen molar-refractivity contribution in [2.24, 2.45) is 5.92 Å². The first-order chi connectivity index (χ1) is 9.15. The number of nitro groups is 1. The molecule has 19 heavy (non-hydrogen) atoms. The summed E-state index contributed by atoms with van der Waals surface area (Å²) >= 11 is 6.12. The number of aromatic nitrogens is 1. The van der Waals surface area contributed by atoms with Gasteiger partial charge in [0.25, 0.3) is 5.69 Å². The van der Waals surface area contributed by atoms with Crippen molar-refractivity contribution < 1.29 is 4.92 Å². The summed E-state index contributed by atoms with van der Waals surface area (Å²) in [6.07, 6.45) is 3.70. The van der Waals surface area contributed by atoms with Crippen molar-refractivity contribution in [3.05, 3.63) is 27.4 Å². The summed E-state index contributed by atoms with van der Waals surface area (Å²) in [5.74, 6) is 1.28. The predicted molar refractivity (Wildman–Crippen MR) is 72.6 cm³/mol. The minimum atomic E-state index is -0.478. The van der Waals surface area contributed by atoms with Gasteiger partial charge in [-0.1, -0.05) is 11.6 Å². The lowest BCUT2D eigenvalue weighted by atomic mass is 9.94. The van der Waals surface area contributed by atoms with Crippen LogP contribution in [-0.4, -0.2) is 35.6 Å². The maximum Gasteiger partial charge on any atom is 0.289 e. The highest BCUT2D eigenvalue weighted by Crippen LogP contribution is 2.33. The van der Waals surface area contributed by atoms with Gasteiger partial charge in [0.15, 0.2) is 0 Å². The van der Waals surface area contributed by atoms with Crippen LogP contribution >= 0.6 is 11.6 Å². The third-order valence-corrected chi connectivity index (χ3v) is 4.20. The molecular formula is C12H15ClN4O2. The molecule has 3 heterocycles. The van der Waals surface area contributed by atoms with Crippen LogP contribution in [0.2, 0.25) is 5.02 Å². The van der Waals surface area contributed by atoms with E-state index in [4.69, 9.17) is 11.6 Å². The molecule has 0 bridgehead atoms. The summed E-state index contributed by atoms with van der Waals surface area (Å²) in [5, 5.41) is 14.5. The van der Waals surface area contributed by atoms with Crippen molar-refractivity contribution in [1.82, 2.24) is 10.3 Å². The number of piperidine rings is 1. The summed E-state index contributed by atoms with van der Waals surface area (Å²) < 4.78 is 0. The summed E-state index contributed by atoms with van der Waals surface area (Å²) in [5.41, 5.74) is -0.0662. The van der Waals surface area contributed by atoms with E-state index in [9.17, 15) is 10.1 Å². The lowest BCUT2D eigenvalue weighted by Gasteiger charge is -2.24. The lowest BCUT2D eigenvalue weighted by Crippen LogP contribution is -2.40. The minimum absolute atomic E-state index is 0.0662. The second-order valence-electron chi connectivity index (χ2n) is 5.12. The van der Waals surface area contributed by atoms with E-state index >= 15 is 0 Å². The van der Waals surface area contributed by atoms with Crippen molar-refractivity contribution in [3.8, 4) is 0 Å². The van der Waals surface area contributed by atoms with Gasteiger partial charge in [0.05, 0.1) is 9.95 Å². The molecule has 0 radical (unpaired) electrons. The average molecular weight is 283 g/mol. The minimum Gasteiger partial charge on any atom is -0.353 e. The Morgan fingerprint density at radius 3 is 3.05 bits per heavy atom. The number of pyridine rings is 1. The summed E-state index contributed by atoms with van der Waals surface area (Å²) in [6.45, 7) is 2.85. The molecular weight excluding hydrogens is 268 g/mol. The van der Waals surface area contributed by atoms with Crippen LogP contribution in [0, 0.1) is 16.0 Å². The Hall–Kier alpha value is -1.40. The van der Waals surface area contributed by atoms with Crippen LogP contribution in [0.3, 0.4) is 0 Å². The standard InChI is InChI=1S/C12H15ClN4O2/c13-10-4-9(17(18)19)5-15-12(10)16-6-8-2-1-3-14-11(8)7-16/h4-5,8,11,14H,1-3,6-7H2/t8-,11+/m0/s1. The molecule has 0 spiro atoms. The van der Waals surface area contributed by atoms with Crippen molar-refractivity contribution in [2.75, 3.05) is 24.5 Å². The molecule has 1 N–H and O–H groups in total. The fraction of sp³-hybridized carbons (Fsp3) is 0.583. The van der Waals surface area contributed by atoms with E-state index in [1.807, 2.05) is 0 Å². The molecule has 0 saturated carbocycles. The van der Waals surface area contributed by atoms with Crippen molar-refractivity contribution in [1.29, 1.82) is 0 Å². The monoisotopic (exact) mass is 282 g/mol. The van der Waals surface area contributed by atoms with Gasteiger partial charge in [-0.2, -0.15) is 0 Å². The Balaban J connectivity index is 1.81. The van der Waals surface area contributed by atoms with Gasteiger partial charge in [-0.05, 0) is 25.3 Å². The molecule has 0 aromatic carbocycles. The van der Waals surface area contributed by atoms with E-state index in [1.165, 1.54) is 25.1 Å². The number of nitrogens with zero attached hydrogens (tertiary/aromatic N) is 3. The smallest absolute Gasteiger partial charge is 0.289 e. The molecule has 2 aliphatic heterocycles. The fourth-order valence-corrected chi connectivity index (χ4v) is 3.25. The fourth-order valence-electron chi connectivity index (χ4n) is 2.97. The van der Waals surface area contributed by atoms with E-state index in [-0.39, 0.29) is 5.69 Å². The number of hydrogen-bond donors (Lipinski definition) is 1. The van der Waals surface area contributed by atoms with Crippen LogP contribution in [0.25, 0.3) is 0 Å². The Morgan fingerprint density at radius 2 is 2.37 bits per heavy atom. The zero-order valence-corrected chi connectivity index (χ0v) is 11.1. The van der Waals surface area contributed by atoms with Gasteiger partial charge in [-0.3, -0.25) is 10.1 Å². The molecule has 1 aromatic rings. The number of rotatable bonds is 2. The van der Waals surface area contributed by atoms with Crippen molar-refractivity contribution in [2.45, 2.75) is 18.9 Å². The van der Waals surface area contributed by atoms with Crippen molar-refractivity contribution in [3.63, 3.8) is 0 Å². The van der Waals surface area contributed by atoms with Gasteiger partial charge < -0.3 is 10.2 Å². The highest BCUT2D eigenvalue weighted by molar-refractivity contribution is 6.33. The number of halogens is 1. The molecule has 0 unspecified atom stereocenters. The van der Waals surface area contributed by atoms with Crippen LogP contribution in [0.15, 0.2) is 12.3 Å². The van der Waals surface area contributed by atoms with E-state index in [0.717, 1.165) is 19.6 Å². The number of fused-ring (bicyclic) bond motifs is 1. The Labute approximate surface area is 115 Å². The van der Waals surface area contributed by atoms with Gasteiger partial charge >= 0.3 is 0 Å². The molecule has 2 fully saturated rings. The van der Waals surface area contributed by atoms with E-state index < -0.39 is 4.92 Å². The highest BCUT2D eigenvalue weighted by Gasteiger charge is 2.35. The SMILES string of the molecule is O=[N+]([O-])c1cnc(N2C[C@@H]3CCCN[C@@H]3C2)c(Cl)c1. The first-order valence-corrected chi connectivity index (χ1v) is 6.81. The molecule has 0 amide bonds. The molecule has 2 atom stereocenters. The third-order valence-electron chi connectivity index (χ3n) is 3.92. The van der Waals surface area contributed by atoms with Crippen LogP contribution in [0.5, 0.6) is 0 Å². The zero-order valence-electron chi connectivity index (χ0n) is 10.4. The molecule has 2 saturated heterocycles. The molecule has 1 aromatic heterocycles. The normalized spacial score (nSPS) is 26.3. The van der Waals surface area contributed by atoms with E-state index in [1.54, 1.807) is 0 Å². The number of nitrogens with one attached hydrogen (secondary N) is 1. The first-order valence-electron chi connectivity index (χ1n) is 6.43. The van der Waals surface area contributed by atoms with Gasteiger partial charge in [-0.25, -0.2) is 4.98 Å². The summed E-state index contributed by atoms with van der Waals surface area (Å²) in [4.78, 5) is 16.5. The molecule has 102 valence electrons. The Morgan fingerprint density at radius 1 is 1.53 bits per heavy atom.